The number of hydrogen-bond donors (Lipinski definition) is 1. The van der Waals surface area contributed by atoms with E-state index in [9.17, 15) is 4.39 Å². The number of aryl methyl sites for hydroxylation is 1. The van der Waals surface area contributed by atoms with Gasteiger partial charge in [-0.3, -0.25) is 0 Å². The molecule has 19 heavy (non-hydrogen) atoms. The second kappa shape index (κ2) is 5.85. The van der Waals surface area contributed by atoms with Gasteiger partial charge in [0.15, 0.2) is 0 Å². The zero-order valence-electron chi connectivity index (χ0n) is 11.4. The molecule has 0 aromatic heterocycles. The molecule has 100 valence electrons. The fourth-order valence-corrected chi connectivity index (χ4v) is 2.32. The molecular weight excluding hydrogens is 241 g/mol. The summed E-state index contributed by atoms with van der Waals surface area (Å²) in [6, 6.07) is 12.6. The lowest BCUT2D eigenvalue weighted by atomic mass is 9.94. The normalized spacial score (nSPS) is 12.2. The molecule has 0 saturated carbocycles. The van der Waals surface area contributed by atoms with Crippen LogP contribution >= 0.6 is 0 Å². The fraction of sp³-hybridized carbons (Fsp3) is 0.250. The summed E-state index contributed by atoms with van der Waals surface area (Å²) in [7, 11) is 3.46. The largest absolute Gasteiger partial charge is 0.496 e. The molecule has 0 fully saturated rings. The summed E-state index contributed by atoms with van der Waals surface area (Å²) in [5.41, 5.74) is 3.08. The van der Waals surface area contributed by atoms with E-state index >= 15 is 0 Å². The van der Waals surface area contributed by atoms with Crippen LogP contribution in [0.4, 0.5) is 4.39 Å². The molecule has 2 aromatic rings. The van der Waals surface area contributed by atoms with Gasteiger partial charge in [-0.2, -0.15) is 0 Å². The summed E-state index contributed by atoms with van der Waals surface area (Å²) in [5, 5.41) is 3.23. The van der Waals surface area contributed by atoms with Crippen LogP contribution in [0.3, 0.4) is 0 Å². The summed E-state index contributed by atoms with van der Waals surface area (Å²) in [6.45, 7) is 2.05. The van der Waals surface area contributed by atoms with E-state index in [0.717, 1.165) is 16.7 Å². The van der Waals surface area contributed by atoms with Gasteiger partial charge in [-0.05, 0) is 43.3 Å². The van der Waals surface area contributed by atoms with Gasteiger partial charge in [0.2, 0.25) is 0 Å². The molecule has 1 N–H and O–H groups in total. The highest BCUT2D eigenvalue weighted by molar-refractivity contribution is 5.44. The lowest BCUT2D eigenvalue weighted by molar-refractivity contribution is 0.404. The van der Waals surface area contributed by atoms with Crippen LogP contribution in [0.2, 0.25) is 0 Å². The Labute approximate surface area is 113 Å². The third-order valence-corrected chi connectivity index (χ3v) is 3.29. The van der Waals surface area contributed by atoms with Crippen molar-refractivity contribution in [1.29, 1.82) is 0 Å². The smallest absolute Gasteiger partial charge is 0.124 e. The second-order valence-electron chi connectivity index (χ2n) is 4.46. The minimum absolute atomic E-state index is 0.0909. The third kappa shape index (κ3) is 2.76. The molecule has 0 radical (unpaired) electrons. The monoisotopic (exact) mass is 259 g/mol. The van der Waals surface area contributed by atoms with Crippen molar-refractivity contribution in [2.45, 2.75) is 13.0 Å². The van der Waals surface area contributed by atoms with Gasteiger partial charge in [0.1, 0.15) is 11.6 Å². The molecule has 3 heteroatoms. The van der Waals surface area contributed by atoms with Crippen LogP contribution in [0, 0.1) is 12.7 Å². The topological polar surface area (TPSA) is 21.3 Å². The second-order valence-corrected chi connectivity index (χ2v) is 4.46. The average Bonchev–Trinajstić information content (AvgIpc) is 2.42. The van der Waals surface area contributed by atoms with Crippen LogP contribution in [0.5, 0.6) is 5.75 Å². The Hall–Kier alpha value is -1.87. The molecule has 1 unspecified atom stereocenters. The summed E-state index contributed by atoms with van der Waals surface area (Å²) < 4.78 is 18.9. The maximum atomic E-state index is 13.5. The van der Waals surface area contributed by atoms with Crippen LogP contribution in [-0.2, 0) is 0 Å². The lowest BCUT2D eigenvalue weighted by Crippen LogP contribution is -2.19. The van der Waals surface area contributed by atoms with Gasteiger partial charge >= 0.3 is 0 Å². The van der Waals surface area contributed by atoms with Crippen molar-refractivity contribution in [3.05, 3.63) is 65.0 Å². The maximum Gasteiger partial charge on any atom is 0.124 e. The molecular formula is C16H18FNO. The van der Waals surface area contributed by atoms with Gasteiger partial charge in [-0.1, -0.05) is 24.3 Å². The van der Waals surface area contributed by atoms with E-state index in [0.29, 0.717) is 5.75 Å². The Bertz CT molecular complexity index is 568. The van der Waals surface area contributed by atoms with Gasteiger partial charge in [0.05, 0.1) is 13.2 Å². The van der Waals surface area contributed by atoms with Crippen LogP contribution in [-0.4, -0.2) is 14.2 Å². The first-order chi connectivity index (χ1) is 9.17. The van der Waals surface area contributed by atoms with Crippen molar-refractivity contribution < 1.29 is 9.13 Å². The van der Waals surface area contributed by atoms with Crippen molar-refractivity contribution >= 4 is 0 Å². The number of hydrogen-bond acceptors (Lipinski definition) is 2. The highest BCUT2D eigenvalue weighted by atomic mass is 19.1. The van der Waals surface area contributed by atoms with Crippen LogP contribution in [0.25, 0.3) is 0 Å². The molecule has 2 aromatic carbocycles. The van der Waals surface area contributed by atoms with Crippen molar-refractivity contribution in [3.63, 3.8) is 0 Å². The highest BCUT2D eigenvalue weighted by Crippen LogP contribution is 2.31. The van der Waals surface area contributed by atoms with E-state index in [1.165, 1.54) is 12.1 Å². The zero-order chi connectivity index (χ0) is 13.8. The van der Waals surface area contributed by atoms with Crippen LogP contribution in [0.1, 0.15) is 22.7 Å². The first kappa shape index (κ1) is 13.6. The maximum absolute atomic E-state index is 13.5. The predicted octanol–water partition coefficient (Wildman–Crippen LogP) is 3.45. The molecule has 2 rings (SSSR count). The summed E-state index contributed by atoms with van der Waals surface area (Å²) in [5.74, 6) is 0.425. The summed E-state index contributed by atoms with van der Waals surface area (Å²) >= 11 is 0. The molecule has 0 spiro atoms. The molecule has 2 nitrogen and oxygen atoms in total. The molecule has 0 bridgehead atoms. The van der Waals surface area contributed by atoms with Crippen molar-refractivity contribution in [2.24, 2.45) is 0 Å². The van der Waals surface area contributed by atoms with E-state index in [1.807, 2.05) is 38.2 Å². The Morgan fingerprint density at radius 2 is 1.84 bits per heavy atom. The first-order valence-corrected chi connectivity index (χ1v) is 6.23. The SMILES string of the molecule is CNC(c1ccccc1C)c1cc(F)ccc1OC. The Balaban J connectivity index is 2.54. The Morgan fingerprint density at radius 1 is 1.11 bits per heavy atom. The number of halogens is 1. The molecule has 0 saturated heterocycles. The zero-order valence-corrected chi connectivity index (χ0v) is 11.4. The number of methoxy groups -OCH3 is 1. The van der Waals surface area contributed by atoms with Gasteiger partial charge in [-0.25, -0.2) is 4.39 Å². The van der Waals surface area contributed by atoms with Gasteiger partial charge < -0.3 is 10.1 Å². The molecule has 0 heterocycles. The first-order valence-electron chi connectivity index (χ1n) is 6.23. The number of nitrogens with one attached hydrogen (secondary N) is 1. The van der Waals surface area contributed by atoms with Crippen LogP contribution in [0.15, 0.2) is 42.5 Å². The van der Waals surface area contributed by atoms with E-state index in [1.54, 1.807) is 13.2 Å². The summed E-state index contributed by atoms with van der Waals surface area (Å²) in [4.78, 5) is 0. The van der Waals surface area contributed by atoms with Gasteiger partial charge in [0, 0.05) is 5.56 Å². The molecule has 1 atom stereocenters. The summed E-state index contributed by atoms with van der Waals surface area (Å²) in [6.07, 6.45) is 0. The number of ether oxygens (including phenoxy) is 1. The van der Waals surface area contributed by atoms with Crippen molar-refractivity contribution in [1.82, 2.24) is 5.32 Å². The highest BCUT2D eigenvalue weighted by Gasteiger charge is 2.18. The Morgan fingerprint density at radius 3 is 2.47 bits per heavy atom. The van der Waals surface area contributed by atoms with E-state index < -0.39 is 0 Å². The van der Waals surface area contributed by atoms with E-state index in [-0.39, 0.29) is 11.9 Å². The third-order valence-electron chi connectivity index (χ3n) is 3.29. The Kier molecular flexibility index (Phi) is 4.17. The molecule has 0 amide bonds. The lowest BCUT2D eigenvalue weighted by Gasteiger charge is -2.21. The minimum Gasteiger partial charge on any atom is -0.496 e. The van der Waals surface area contributed by atoms with Gasteiger partial charge in [0.25, 0.3) is 0 Å². The minimum atomic E-state index is -0.260. The van der Waals surface area contributed by atoms with Crippen molar-refractivity contribution in [2.75, 3.05) is 14.2 Å². The molecule has 0 aliphatic carbocycles. The van der Waals surface area contributed by atoms with Crippen LogP contribution < -0.4 is 10.1 Å². The predicted molar refractivity (Wildman–Crippen MR) is 75.0 cm³/mol. The number of benzene rings is 2. The number of rotatable bonds is 4. The standard InChI is InChI=1S/C16H18FNO/c1-11-6-4-5-7-13(11)16(18-2)14-10-12(17)8-9-15(14)19-3/h4-10,16,18H,1-3H3. The van der Waals surface area contributed by atoms with Gasteiger partial charge in [-0.15, -0.1) is 0 Å². The van der Waals surface area contributed by atoms with E-state index in [4.69, 9.17) is 4.74 Å². The molecule has 0 aliphatic rings. The van der Waals surface area contributed by atoms with Crippen molar-refractivity contribution in [3.8, 4) is 5.75 Å². The average molecular weight is 259 g/mol. The quantitative estimate of drug-likeness (QED) is 0.908. The molecule has 0 aliphatic heterocycles. The fourth-order valence-electron chi connectivity index (χ4n) is 2.32. The van der Waals surface area contributed by atoms with E-state index in [2.05, 4.69) is 5.32 Å².